The fraction of sp³-hybridized carbons (Fsp3) is 1.00. The number of nitrogens with one attached hydrogen (secondary N) is 1. The second kappa shape index (κ2) is 8.21. The molecule has 0 heterocycles. The standard InChI is InChI=1S/C11H26N2O/c1-6-7-13(10(2)3)8-11(12-4)9-14-5/h10-12H,6-9H2,1-5H3. The van der Waals surface area contributed by atoms with Crippen molar-refractivity contribution in [3.05, 3.63) is 0 Å². The summed E-state index contributed by atoms with van der Waals surface area (Å²) in [7, 11) is 3.75. The third-order valence-electron chi connectivity index (χ3n) is 2.47. The number of rotatable bonds is 8. The first-order chi connectivity index (χ1) is 6.65. The second-order valence-electron chi connectivity index (χ2n) is 4.03. The van der Waals surface area contributed by atoms with Gasteiger partial charge in [-0.05, 0) is 33.9 Å². The summed E-state index contributed by atoms with van der Waals surface area (Å²) in [5, 5.41) is 3.28. The summed E-state index contributed by atoms with van der Waals surface area (Å²) in [6, 6.07) is 1.05. The summed E-state index contributed by atoms with van der Waals surface area (Å²) in [6.07, 6.45) is 1.21. The van der Waals surface area contributed by atoms with Crippen LogP contribution in [0.2, 0.25) is 0 Å². The molecule has 1 atom stereocenters. The molecule has 1 unspecified atom stereocenters. The lowest BCUT2D eigenvalue weighted by molar-refractivity contribution is 0.128. The number of methoxy groups -OCH3 is 1. The summed E-state index contributed by atoms with van der Waals surface area (Å²) in [4.78, 5) is 2.49. The van der Waals surface area contributed by atoms with E-state index < -0.39 is 0 Å². The van der Waals surface area contributed by atoms with Crippen LogP contribution in [0.4, 0.5) is 0 Å². The lowest BCUT2D eigenvalue weighted by Crippen LogP contribution is -2.45. The molecule has 0 aromatic carbocycles. The molecule has 0 amide bonds. The minimum Gasteiger partial charge on any atom is -0.383 e. The van der Waals surface area contributed by atoms with E-state index in [-0.39, 0.29) is 0 Å². The molecule has 0 saturated heterocycles. The van der Waals surface area contributed by atoms with Crippen molar-refractivity contribution in [2.45, 2.75) is 39.3 Å². The van der Waals surface area contributed by atoms with Crippen LogP contribution < -0.4 is 5.32 Å². The van der Waals surface area contributed by atoms with E-state index in [9.17, 15) is 0 Å². The van der Waals surface area contributed by atoms with Crippen molar-refractivity contribution < 1.29 is 4.74 Å². The highest BCUT2D eigenvalue weighted by Gasteiger charge is 2.14. The summed E-state index contributed by atoms with van der Waals surface area (Å²) in [5.41, 5.74) is 0. The Morgan fingerprint density at radius 2 is 2.00 bits per heavy atom. The van der Waals surface area contributed by atoms with Gasteiger partial charge in [-0.3, -0.25) is 4.90 Å². The van der Waals surface area contributed by atoms with Gasteiger partial charge in [0.05, 0.1) is 6.61 Å². The van der Waals surface area contributed by atoms with Crippen LogP contribution in [0.3, 0.4) is 0 Å². The topological polar surface area (TPSA) is 24.5 Å². The number of hydrogen-bond acceptors (Lipinski definition) is 3. The van der Waals surface area contributed by atoms with Crippen molar-refractivity contribution in [2.75, 3.05) is 33.9 Å². The van der Waals surface area contributed by atoms with Crippen LogP contribution in [0.1, 0.15) is 27.2 Å². The maximum Gasteiger partial charge on any atom is 0.0628 e. The second-order valence-corrected chi connectivity index (χ2v) is 4.03. The Morgan fingerprint density at radius 3 is 2.36 bits per heavy atom. The van der Waals surface area contributed by atoms with Gasteiger partial charge >= 0.3 is 0 Å². The average Bonchev–Trinajstić information content (AvgIpc) is 2.15. The van der Waals surface area contributed by atoms with Crippen LogP contribution in [-0.4, -0.2) is 50.8 Å². The van der Waals surface area contributed by atoms with Crippen molar-refractivity contribution in [3.63, 3.8) is 0 Å². The average molecular weight is 202 g/mol. The number of likely N-dealkylation sites (N-methyl/N-ethyl adjacent to an activating group) is 1. The van der Waals surface area contributed by atoms with Crippen LogP contribution in [0.15, 0.2) is 0 Å². The van der Waals surface area contributed by atoms with Crippen molar-refractivity contribution in [3.8, 4) is 0 Å². The van der Waals surface area contributed by atoms with Crippen LogP contribution >= 0.6 is 0 Å². The molecule has 3 heteroatoms. The van der Waals surface area contributed by atoms with E-state index in [4.69, 9.17) is 4.74 Å². The zero-order valence-corrected chi connectivity index (χ0v) is 10.3. The maximum absolute atomic E-state index is 5.16. The molecule has 0 aliphatic carbocycles. The molecule has 0 rings (SSSR count). The van der Waals surface area contributed by atoms with Gasteiger partial charge in [-0.1, -0.05) is 6.92 Å². The van der Waals surface area contributed by atoms with E-state index in [1.807, 2.05) is 7.05 Å². The SMILES string of the molecule is CCCN(CC(COC)NC)C(C)C. The molecule has 0 radical (unpaired) electrons. The largest absolute Gasteiger partial charge is 0.383 e. The van der Waals surface area contributed by atoms with Gasteiger partial charge in [-0.25, -0.2) is 0 Å². The molecule has 14 heavy (non-hydrogen) atoms. The highest BCUT2D eigenvalue weighted by molar-refractivity contribution is 4.72. The Kier molecular flexibility index (Phi) is 8.14. The summed E-state index contributed by atoms with van der Waals surface area (Å²) >= 11 is 0. The third kappa shape index (κ3) is 5.58. The van der Waals surface area contributed by atoms with E-state index in [0.29, 0.717) is 12.1 Å². The number of nitrogens with zero attached hydrogens (tertiary/aromatic N) is 1. The minimum absolute atomic E-state index is 0.439. The molecule has 86 valence electrons. The lowest BCUT2D eigenvalue weighted by Gasteiger charge is -2.30. The molecule has 0 aliphatic heterocycles. The Hall–Kier alpha value is -0.120. The quantitative estimate of drug-likeness (QED) is 0.643. The molecule has 0 aromatic heterocycles. The molecule has 0 bridgehead atoms. The monoisotopic (exact) mass is 202 g/mol. The Balaban J connectivity index is 3.97. The predicted octanol–water partition coefficient (Wildman–Crippen LogP) is 1.34. The molecule has 1 N–H and O–H groups in total. The predicted molar refractivity (Wildman–Crippen MR) is 61.7 cm³/mol. The summed E-state index contributed by atoms with van der Waals surface area (Å²) < 4.78 is 5.16. The third-order valence-corrected chi connectivity index (χ3v) is 2.47. The smallest absolute Gasteiger partial charge is 0.0628 e. The van der Waals surface area contributed by atoms with Crippen molar-refractivity contribution in [1.82, 2.24) is 10.2 Å². The zero-order valence-electron chi connectivity index (χ0n) is 10.3. The van der Waals surface area contributed by atoms with Gasteiger partial charge in [0.25, 0.3) is 0 Å². The fourth-order valence-electron chi connectivity index (χ4n) is 1.56. The first-order valence-electron chi connectivity index (χ1n) is 5.55. The van der Waals surface area contributed by atoms with E-state index in [0.717, 1.165) is 13.2 Å². The summed E-state index contributed by atoms with van der Waals surface area (Å²) in [5.74, 6) is 0. The molecule has 0 aliphatic rings. The van der Waals surface area contributed by atoms with Gasteiger partial charge in [0, 0.05) is 25.7 Å². The first kappa shape index (κ1) is 13.9. The normalized spacial score (nSPS) is 13.9. The van der Waals surface area contributed by atoms with Crippen LogP contribution in [0.5, 0.6) is 0 Å². The number of ether oxygens (including phenoxy) is 1. The molecule has 0 fully saturated rings. The highest BCUT2D eigenvalue weighted by atomic mass is 16.5. The van der Waals surface area contributed by atoms with E-state index in [2.05, 4.69) is 31.0 Å². The fourth-order valence-corrected chi connectivity index (χ4v) is 1.56. The maximum atomic E-state index is 5.16. The van der Waals surface area contributed by atoms with E-state index >= 15 is 0 Å². The van der Waals surface area contributed by atoms with Gasteiger partial charge in [0.2, 0.25) is 0 Å². The van der Waals surface area contributed by atoms with Crippen LogP contribution in [0.25, 0.3) is 0 Å². The molecular weight excluding hydrogens is 176 g/mol. The molecular formula is C11H26N2O. The van der Waals surface area contributed by atoms with E-state index in [1.165, 1.54) is 13.0 Å². The molecule has 3 nitrogen and oxygen atoms in total. The Bertz CT molecular complexity index is 128. The van der Waals surface area contributed by atoms with Gasteiger partial charge in [0.1, 0.15) is 0 Å². The molecule has 0 aromatic rings. The van der Waals surface area contributed by atoms with Gasteiger partial charge in [0.15, 0.2) is 0 Å². The van der Waals surface area contributed by atoms with Crippen molar-refractivity contribution >= 4 is 0 Å². The number of hydrogen-bond donors (Lipinski definition) is 1. The van der Waals surface area contributed by atoms with E-state index in [1.54, 1.807) is 7.11 Å². The van der Waals surface area contributed by atoms with Gasteiger partial charge in [-0.2, -0.15) is 0 Å². The van der Waals surface area contributed by atoms with Crippen LogP contribution in [-0.2, 0) is 4.74 Å². The van der Waals surface area contributed by atoms with Gasteiger partial charge < -0.3 is 10.1 Å². The zero-order chi connectivity index (χ0) is 11.0. The van der Waals surface area contributed by atoms with Gasteiger partial charge in [-0.15, -0.1) is 0 Å². The highest BCUT2D eigenvalue weighted by Crippen LogP contribution is 2.01. The Labute approximate surface area is 88.8 Å². The minimum atomic E-state index is 0.439. The molecule has 0 spiro atoms. The first-order valence-corrected chi connectivity index (χ1v) is 5.55. The van der Waals surface area contributed by atoms with Crippen molar-refractivity contribution in [2.24, 2.45) is 0 Å². The Morgan fingerprint density at radius 1 is 1.36 bits per heavy atom. The van der Waals surface area contributed by atoms with Crippen LogP contribution in [0, 0.1) is 0 Å². The molecule has 0 saturated carbocycles. The summed E-state index contributed by atoms with van der Waals surface area (Å²) in [6.45, 7) is 9.73. The lowest BCUT2D eigenvalue weighted by atomic mass is 10.2. The van der Waals surface area contributed by atoms with Crippen molar-refractivity contribution in [1.29, 1.82) is 0 Å².